The van der Waals surface area contributed by atoms with Crippen LogP contribution in [0.2, 0.25) is 0 Å². The molecule has 1 amide bonds. The maximum absolute atomic E-state index is 11.4. The standard InChI is InChI=1S/C14H12O3.C4H7NO/c1-7-4-12(15)17-14-9(3)13-10(6-11(7)14)5-8(2)16-13;6-4-2-1-3-5-4/h4-6H,1-3H3;1-3H2,(H,5,6). The normalized spacial score (nSPS) is 14.0. The number of hydrogen-bond donors (Lipinski definition) is 1. The third-order valence-corrected chi connectivity index (χ3v) is 3.97. The second-order valence-corrected chi connectivity index (χ2v) is 5.86. The van der Waals surface area contributed by atoms with Crippen molar-refractivity contribution in [1.82, 2.24) is 5.32 Å². The first-order valence-electron chi connectivity index (χ1n) is 7.66. The van der Waals surface area contributed by atoms with Gasteiger partial charge in [-0.15, -0.1) is 0 Å². The number of furan rings is 1. The van der Waals surface area contributed by atoms with Gasteiger partial charge in [-0.3, -0.25) is 4.79 Å². The molecule has 1 aliphatic heterocycles. The van der Waals surface area contributed by atoms with Crippen molar-refractivity contribution in [2.75, 3.05) is 6.54 Å². The highest BCUT2D eigenvalue weighted by Crippen LogP contribution is 2.30. The molecule has 4 rings (SSSR count). The van der Waals surface area contributed by atoms with Crippen molar-refractivity contribution in [2.24, 2.45) is 0 Å². The molecule has 1 fully saturated rings. The summed E-state index contributed by atoms with van der Waals surface area (Å²) in [4.78, 5) is 21.5. The van der Waals surface area contributed by atoms with Gasteiger partial charge < -0.3 is 14.2 Å². The van der Waals surface area contributed by atoms with E-state index in [0.29, 0.717) is 5.58 Å². The van der Waals surface area contributed by atoms with Crippen LogP contribution in [0.4, 0.5) is 0 Å². The van der Waals surface area contributed by atoms with Crippen molar-refractivity contribution in [3.05, 3.63) is 45.5 Å². The third kappa shape index (κ3) is 2.99. The Kier molecular flexibility index (Phi) is 3.94. The highest BCUT2D eigenvalue weighted by Gasteiger charge is 2.12. The van der Waals surface area contributed by atoms with Gasteiger partial charge >= 0.3 is 5.63 Å². The molecule has 1 saturated heterocycles. The Morgan fingerprint density at radius 2 is 1.78 bits per heavy atom. The van der Waals surface area contributed by atoms with E-state index < -0.39 is 0 Å². The molecular weight excluding hydrogens is 294 g/mol. The van der Waals surface area contributed by atoms with Crippen LogP contribution >= 0.6 is 0 Å². The summed E-state index contributed by atoms with van der Waals surface area (Å²) in [6, 6.07) is 5.51. The van der Waals surface area contributed by atoms with E-state index in [1.807, 2.05) is 32.9 Å². The molecule has 0 unspecified atom stereocenters. The number of fused-ring (bicyclic) bond motifs is 2. The lowest BCUT2D eigenvalue weighted by Crippen LogP contribution is -2.12. The van der Waals surface area contributed by atoms with Crippen LogP contribution in [-0.2, 0) is 4.79 Å². The summed E-state index contributed by atoms with van der Waals surface area (Å²) in [5, 5.41) is 4.69. The molecule has 0 atom stereocenters. The van der Waals surface area contributed by atoms with E-state index in [1.54, 1.807) is 0 Å². The van der Waals surface area contributed by atoms with Crippen LogP contribution in [0, 0.1) is 20.8 Å². The van der Waals surface area contributed by atoms with E-state index >= 15 is 0 Å². The highest BCUT2D eigenvalue weighted by molar-refractivity contribution is 5.98. The minimum absolute atomic E-state index is 0.204. The van der Waals surface area contributed by atoms with Gasteiger partial charge in [0.05, 0.1) is 0 Å². The van der Waals surface area contributed by atoms with Crippen LogP contribution in [0.5, 0.6) is 0 Å². The SMILES string of the molecule is Cc1cc2cc3c(C)cc(=O)oc3c(C)c2o1.O=C1CCCN1. The van der Waals surface area contributed by atoms with Gasteiger partial charge in [0, 0.05) is 35.4 Å². The van der Waals surface area contributed by atoms with Crippen molar-refractivity contribution in [3.8, 4) is 0 Å². The molecule has 3 aromatic rings. The van der Waals surface area contributed by atoms with Crippen LogP contribution in [0.25, 0.3) is 21.9 Å². The molecule has 0 radical (unpaired) electrons. The molecule has 120 valence electrons. The fourth-order valence-corrected chi connectivity index (χ4v) is 2.83. The average molecular weight is 313 g/mol. The van der Waals surface area contributed by atoms with E-state index in [0.717, 1.165) is 52.6 Å². The predicted octanol–water partition coefficient (Wildman–Crippen LogP) is 3.36. The van der Waals surface area contributed by atoms with Crippen LogP contribution in [0.15, 0.2) is 31.8 Å². The lowest BCUT2D eigenvalue weighted by Gasteiger charge is -2.03. The van der Waals surface area contributed by atoms with E-state index in [1.165, 1.54) is 6.07 Å². The molecule has 5 heteroatoms. The number of carbonyl (C=O) groups is 1. The smallest absolute Gasteiger partial charge is 0.336 e. The summed E-state index contributed by atoms with van der Waals surface area (Å²) in [5.41, 5.74) is 2.91. The van der Waals surface area contributed by atoms with Crippen molar-refractivity contribution >= 4 is 27.8 Å². The van der Waals surface area contributed by atoms with E-state index in [4.69, 9.17) is 8.83 Å². The largest absolute Gasteiger partial charge is 0.461 e. The summed E-state index contributed by atoms with van der Waals surface area (Å²) < 4.78 is 10.9. The van der Waals surface area contributed by atoms with Crippen molar-refractivity contribution < 1.29 is 13.6 Å². The quantitative estimate of drug-likeness (QED) is 0.646. The van der Waals surface area contributed by atoms with E-state index in [-0.39, 0.29) is 11.5 Å². The monoisotopic (exact) mass is 313 g/mol. The zero-order valence-corrected chi connectivity index (χ0v) is 13.5. The third-order valence-electron chi connectivity index (χ3n) is 3.97. The Hall–Kier alpha value is -2.56. The summed E-state index contributed by atoms with van der Waals surface area (Å²) in [6.45, 7) is 6.62. The van der Waals surface area contributed by atoms with Crippen LogP contribution in [0.3, 0.4) is 0 Å². The highest BCUT2D eigenvalue weighted by atomic mass is 16.4. The summed E-state index contributed by atoms with van der Waals surface area (Å²) in [5.74, 6) is 1.06. The van der Waals surface area contributed by atoms with E-state index in [2.05, 4.69) is 5.32 Å². The zero-order chi connectivity index (χ0) is 16.6. The summed E-state index contributed by atoms with van der Waals surface area (Å²) in [6.07, 6.45) is 1.76. The molecule has 0 aliphatic carbocycles. The first-order chi connectivity index (χ1) is 11.0. The number of nitrogens with one attached hydrogen (secondary N) is 1. The van der Waals surface area contributed by atoms with Gasteiger partial charge in [-0.1, -0.05) is 0 Å². The molecule has 0 spiro atoms. The number of amides is 1. The van der Waals surface area contributed by atoms with Crippen molar-refractivity contribution in [1.29, 1.82) is 0 Å². The van der Waals surface area contributed by atoms with Gasteiger partial charge in [-0.2, -0.15) is 0 Å². The van der Waals surface area contributed by atoms with Gasteiger partial charge in [0.2, 0.25) is 5.91 Å². The van der Waals surface area contributed by atoms with Crippen molar-refractivity contribution in [2.45, 2.75) is 33.6 Å². The number of hydrogen-bond acceptors (Lipinski definition) is 4. The van der Waals surface area contributed by atoms with E-state index in [9.17, 15) is 9.59 Å². The maximum Gasteiger partial charge on any atom is 0.336 e. The Bertz CT molecular complexity index is 941. The lowest BCUT2D eigenvalue weighted by atomic mass is 10.1. The number of rotatable bonds is 0. The van der Waals surface area contributed by atoms with Gasteiger partial charge in [-0.05, 0) is 44.9 Å². The first kappa shape index (κ1) is 15.3. The molecule has 1 aromatic carbocycles. The molecule has 1 aliphatic rings. The summed E-state index contributed by atoms with van der Waals surface area (Å²) in [7, 11) is 0. The van der Waals surface area contributed by atoms with Crippen LogP contribution < -0.4 is 10.9 Å². The topological polar surface area (TPSA) is 72.5 Å². The molecule has 23 heavy (non-hydrogen) atoms. The number of aryl methyl sites for hydroxylation is 3. The Labute approximate surface area is 133 Å². The molecular formula is C18H19NO4. The van der Waals surface area contributed by atoms with Crippen LogP contribution in [-0.4, -0.2) is 12.5 Å². The molecule has 0 saturated carbocycles. The molecule has 1 N–H and O–H groups in total. The van der Waals surface area contributed by atoms with Gasteiger partial charge in [0.1, 0.15) is 16.9 Å². The second kappa shape index (κ2) is 5.91. The van der Waals surface area contributed by atoms with Crippen LogP contribution in [0.1, 0.15) is 29.7 Å². The Balaban J connectivity index is 0.000000220. The number of benzene rings is 1. The lowest BCUT2D eigenvalue weighted by molar-refractivity contribution is -0.119. The predicted molar refractivity (Wildman–Crippen MR) is 88.7 cm³/mol. The minimum atomic E-state index is -0.319. The fraction of sp³-hybridized carbons (Fsp3) is 0.333. The van der Waals surface area contributed by atoms with Gasteiger partial charge in [-0.25, -0.2) is 4.79 Å². The molecule has 3 heterocycles. The molecule has 0 bridgehead atoms. The average Bonchev–Trinajstić information content (AvgIpc) is 3.10. The second-order valence-electron chi connectivity index (χ2n) is 5.86. The minimum Gasteiger partial charge on any atom is -0.461 e. The fourth-order valence-electron chi connectivity index (χ4n) is 2.83. The first-order valence-corrected chi connectivity index (χ1v) is 7.66. The van der Waals surface area contributed by atoms with Crippen molar-refractivity contribution in [3.63, 3.8) is 0 Å². The maximum atomic E-state index is 11.4. The van der Waals surface area contributed by atoms with Gasteiger partial charge in [0.15, 0.2) is 0 Å². The Morgan fingerprint density at radius 1 is 1.00 bits per heavy atom. The number of carbonyl (C=O) groups excluding carboxylic acids is 1. The zero-order valence-electron chi connectivity index (χ0n) is 13.5. The Morgan fingerprint density at radius 3 is 2.39 bits per heavy atom. The van der Waals surface area contributed by atoms with Gasteiger partial charge in [0.25, 0.3) is 0 Å². The summed E-state index contributed by atoms with van der Waals surface area (Å²) >= 11 is 0. The molecule has 5 nitrogen and oxygen atoms in total. The molecule has 2 aromatic heterocycles.